The highest BCUT2D eigenvalue weighted by Gasteiger charge is 2.09. The fraction of sp³-hybridized carbons (Fsp3) is 0.0833. The van der Waals surface area contributed by atoms with E-state index in [1.54, 1.807) is 18.6 Å². The van der Waals surface area contributed by atoms with E-state index in [1.807, 2.05) is 10.6 Å². The number of aromatic nitrogens is 2. The van der Waals surface area contributed by atoms with Crippen LogP contribution in [0.3, 0.4) is 0 Å². The summed E-state index contributed by atoms with van der Waals surface area (Å²) in [6.07, 6.45) is 3.25. The number of halogens is 1. The zero-order valence-corrected chi connectivity index (χ0v) is 8.93. The molecule has 0 aliphatic rings. The average Bonchev–Trinajstić information content (AvgIpc) is 2.88. The molecule has 0 bridgehead atoms. The van der Waals surface area contributed by atoms with E-state index in [9.17, 15) is 4.39 Å². The lowest BCUT2D eigenvalue weighted by atomic mass is 10.3. The van der Waals surface area contributed by atoms with Gasteiger partial charge < -0.3 is 14.7 Å². The molecule has 2 aromatic heterocycles. The van der Waals surface area contributed by atoms with Gasteiger partial charge in [0.2, 0.25) is 5.95 Å². The highest BCUT2D eigenvalue weighted by atomic mass is 19.1. The first-order valence-electron chi connectivity index (χ1n) is 5.16. The van der Waals surface area contributed by atoms with E-state index >= 15 is 0 Å². The number of benzene rings is 1. The summed E-state index contributed by atoms with van der Waals surface area (Å²) in [5.41, 5.74) is 8.18. The third kappa shape index (κ3) is 1.65. The number of nitrogens with two attached hydrogens (primary N) is 1. The summed E-state index contributed by atoms with van der Waals surface area (Å²) in [6.45, 7) is 0.560. The Bertz CT molecular complexity index is 658. The number of hydrogen-bond donors (Lipinski definition) is 1. The highest BCUT2D eigenvalue weighted by molar-refractivity contribution is 5.78. The van der Waals surface area contributed by atoms with Crippen molar-refractivity contribution < 1.29 is 8.81 Å². The molecule has 3 aromatic rings. The molecule has 17 heavy (non-hydrogen) atoms. The van der Waals surface area contributed by atoms with Crippen LogP contribution in [-0.4, -0.2) is 9.55 Å². The number of nitrogens with zero attached hydrogens (tertiary/aromatic N) is 2. The van der Waals surface area contributed by atoms with Crippen LogP contribution in [0.2, 0.25) is 0 Å². The molecule has 1 aromatic carbocycles. The summed E-state index contributed by atoms with van der Waals surface area (Å²) >= 11 is 0. The fourth-order valence-electron chi connectivity index (χ4n) is 1.85. The Hall–Kier alpha value is -2.30. The largest absolute Gasteiger partial charge is 0.472 e. The predicted octanol–water partition coefficient (Wildman–Crippen LogP) is 2.40. The van der Waals surface area contributed by atoms with Gasteiger partial charge in [0.15, 0.2) is 0 Å². The lowest BCUT2D eigenvalue weighted by Crippen LogP contribution is -2.03. The molecule has 5 heteroatoms. The first-order valence-corrected chi connectivity index (χ1v) is 5.16. The van der Waals surface area contributed by atoms with Crippen molar-refractivity contribution in [2.75, 3.05) is 5.73 Å². The highest BCUT2D eigenvalue weighted by Crippen LogP contribution is 2.20. The van der Waals surface area contributed by atoms with Gasteiger partial charge in [-0.05, 0) is 18.2 Å². The molecular weight excluding hydrogens is 221 g/mol. The van der Waals surface area contributed by atoms with Crippen molar-refractivity contribution in [1.29, 1.82) is 0 Å². The molecule has 0 saturated heterocycles. The lowest BCUT2D eigenvalue weighted by molar-refractivity contribution is 0.562. The summed E-state index contributed by atoms with van der Waals surface area (Å²) < 4.78 is 19.9. The smallest absolute Gasteiger partial charge is 0.201 e. The number of anilines is 1. The van der Waals surface area contributed by atoms with Crippen molar-refractivity contribution in [2.45, 2.75) is 6.54 Å². The van der Waals surface area contributed by atoms with Crippen LogP contribution in [0.25, 0.3) is 11.0 Å². The minimum absolute atomic E-state index is 0.314. The Morgan fingerprint density at radius 2 is 2.24 bits per heavy atom. The predicted molar refractivity (Wildman–Crippen MR) is 61.9 cm³/mol. The van der Waals surface area contributed by atoms with Crippen LogP contribution < -0.4 is 5.73 Å². The maximum Gasteiger partial charge on any atom is 0.201 e. The van der Waals surface area contributed by atoms with E-state index in [1.165, 1.54) is 12.1 Å². The monoisotopic (exact) mass is 231 g/mol. The molecular formula is C12H10FN3O. The number of nitrogen functional groups attached to an aromatic ring is 1. The normalized spacial score (nSPS) is 11.1. The fourth-order valence-corrected chi connectivity index (χ4v) is 1.85. The summed E-state index contributed by atoms with van der Waals surface area (Å²) in [5.74, 6) is 0.0530. The van der Waals surface area contributed by atoms with Crippen molar-refractivity contribution in [3.8, 4) is 0 Å². The van der Waals surface area contributed by atoms with E-state index in [0.717, 1.165) is 11.1 Å². The van der Waals surface area contributed by atoms with E-state index in [-0.39, 0.29) is 5.82 Å². The first-order chi connectivity index (χ1) is 8.24. The maximum atomic E-state index is 13.0. The molecule has 2 N–H and O–H groups in total. The van der Waals surface area contributed by atoms with E-state index < -0.39 is 0 Å². The van der Waals surface area contributed by atoms with Crippen molar-refractivity contribution in [3.05, 3.63) is 48.2 Å². The lowest BCUT2D eigenvalue weighted by Gasteiger charge is -2.03. The number of imidazole rings is 1. The first kappa shape index (κ1) is 9.89. The number of furan rings is 1. The number of hydrogen-bond acceptors (Lipinski definition) is 3. The van der Waals surface area contributed by atoms with Crippen LogP contribution in [-0.2, 0) is 6.54 Å². The zero-order chi connectivity index (χ0) is 11.8. The molecule has 2 heterocycles. The molecule has 0 radical (unpaired) electrons. The van der Waals surface area contributed by atoms with Crippen molar-refractivity contribution in [3.63, 3.8) is 0 Å². The molecule has 0 spiro atoms. The minimum Gasteiger partial charge on any atom is -0.472 e. The molecule has 4 nitrogen and oxygen atoms in total. The Morgan fingerprint density at radius 3 is 3.00 bits per heavy atom. The molecule has 0 amide bonds. The van der Waals surface area contributed by atoms with E-state index in [4.69, 9.17) is 10.2 Å². The standard InChI is InChI=1S/C12H10FN3O/c13-9-1-2-11-10(5-9)15-12(14)16(11)6-8-3-4-17-7-8/h1-5,7H,6H2,(H2,14,15). The van der Waals surface area contributed by atoms with Crippen molar-refractivity contribution in [2.24, 2.45) is 0 Å². The summed E-state index contributed by atoms with van der Waals surface area (Å²) in [5, 5.41) is 0. The zero-order valence-electron chi connectivity index (χ0n) is 8.93. The van der Waals surface area contributed by atoms with Gasteiger partial charge in [-0.2, -0.15) is 0 Å². The van der Waals surface area contributed by atoms with Crippen molar-refractivity contribution >= 4 is 17.0 Å². The van der Waals surface area contributed by atoms with Gasteiger partial charge in [0.1, 0.15) is 5.82 Å². The van der Waals surface area contributed by atoms with Gasteiger partial charge in [-0.3, -0.25) is 0 Å². The second kappa shape index (κ2) is 3.62. The van der Waals surface area contributed by atoms with Gasteiger partial charge in [-0.25, -0.2) is 9.37 Å². The van der Waals surface area contributed by atoms with E-state index in [0.29, 0.717) is 18.0 Å². The molecule has 0 atom stereocenters. The van der Waals surface area contributed by atoms with Gasteiger partial charge in [0, 0.05) is 11.6 Å². The Balaban J connectivity index is 2.12. The maximum absolute atomic E-state index is 13.0. The van der Waals surface area contributed by atoms with Gasteiger partial charge in [-0.15, -0.1) is 0 Å². The Morgan fingerprint density at radius 1 is 1.35 bits per heavy atom. The van der Waals surface area contributed by atoms with Gasteiger partial charge in [-0.1, -0.05) is 0 Å². The molecule has 3 rings (SSSR count). The molecule has 0 fully saturated rings. The van der Waals surface area contributed by atoms with Crippen LogP contribution in [0.4, 0.5) is 10.3 Å². The summed E-state index contributed by atoms with van der Waals surface area (Å²) in [7, 11) is 0. The second-order valence-electron chi connectivity index (χ2n) is 3.82. The Labute approximate surface area is 96.5 Å². The van der Waals surface area contributed by atoms with Crippen LogP contribution in [0.15, 0.2) is 41.2 Å². The van der Waals surface area contributed by atoms with Crippen LogP contribution in [0.5, 0.6) is 0 Å². The third-order valence-corrected chi connectivity index (χ3v) is 2.66. The average molecular weight is 231 g/mol. The van der Waals surface area contributed by atoms with E-state index in [2.05, 4.69) is 4.98 Å². The molecule has 86 valence electrons. The van der Waals surface area contributed by atoms with Crippen LogP contribution >= 0.6 is 0 Å². The number of fused-ring (bicyclic) bond motifs is 1. The van der Waals surface area contributed by atoms with Crippen LogP contribution in [0, 0.1) is 5.82 Å². The molecule has 0 unspecified atom stereocenters. The topological polar surface area (TPSA) is 57.0 Å². The Kier molecular flexibility index (Phi) is 2.11. The van der Waals surface area contributed by atoms with Crippen molar-refractivity contribution in [1.82, 2.24) is 9.55 Å². The van der Waals surface area contributed by atoms with Crippen LogP contribution in [0.1, 0.15) is 5.56 Å². The second-order valence-corrected chi connectivity index (χ2v) is 3.82. The SMILES string of the molecule is Nc1nc2cc(F)ccc2n1Cc1ccoc1. The minimum atomic E-state index is -0.314. The molecule has 0 aliphatic heterocycles. The molecule has 0 aliphatic carbocycles. The molecule has 0 saturated carbocycles. The summed E-state index contributed by atoms with van der Waals surface area (Å²) in [6, 6.07) is 6.30. The van der Waals surface area contributed by atoms with Gasteiger partial charge in [0.25, 0.3) is 0 Å². The quantitative estimate of drug-likeness (QED) is 0.736. The third-order valence-electron chi connectivity index (χ3n) is 2.66. The van der Waals surface area contributed by atoms with Gasteiger partial charge >= 0.3 is 0 Å². The van der Waals surface area contributed by atoms with Gasteiger partial charge in [0.05, 0.1) is 30.1 Å². The number of rotatable bonds is 2. The summed E-state index contributed by atoms with van der Waals surface area (Å²) in [4.78, 5) is 4.12.